The molecule has 21 heavy (non-hydrogen) atoms. The number of aliphatic hydroxyl groups excluding tert-OH is 1. The normalized spacial score (nSPS) is 28.9. The minimum atomic E-state index is -0.791. The Morgan fingerprint density at radius 3 is 2.81 bits per heavy atom. The minimum Gasteiger partial charge on any atom is -0.445 e. The molecule has 0 radical (unpaired) electrons. The van der Waals surface area contributed by atoms with Gasteiger partial charge in [-0.15, -0.1) is 0 Å². The van der Waals surface area contributed by atoms with Crippen LogP contribution in [0.2, 0.25) is 0 Å². The van der Waals surface area contributed by atoms with Gasteiger partial charge in [-0.3, -0.25) is 0 Å². The largest absolute Gasteiger partial charge is 0.445 e. The van der Waals surface area contributed by atoms with Gasteiger partial charge in [0.15, 0.2) is 6.29 Å². The molecule has 1 heterocycles. The fourth-order valence-electron chi connectivity index (χ4n) is 2.26. The Labute approximate surface area is 124 Å². The van der Waals surface area contributed by atoms with Crippen LogP contribution in [0.15, 0.2) is 30.3 Å². The first-order valence-electron chi connectivity index (χ1n) is 6.93. The third-order valence-corrected chi connectivity index (χ3v) is 3.48. The van der Waals surface area contributed by atoms with Gasteiger partial charge in [0.1, 0.15) is 12.7 Å². The highest BCUT2D eigenvalue weighted by atomic mass is 16.7. The number of rotatable bonds is 4. The molecule has 4 atom stereocenters. The molecule has 2 rings (SSSR count). The number of aliphatic hydroxyl groups is 1. The number of amides is 1. The maximum atomic E-state index is 11.8. The van der Waals surface area contributed by atoms with Crippen molar-refractivity contribution in [1.82, 2.24) is 5.32 Å². The smallest absolute Gasteiger partial charge is 0.407 e. The lowest BCUT2D eigenvalue weighted by Gasteiger charge is -2.37. The molecule has 2 N–H and O–H groups in total. The van der Waals surface area contributed by atoms with Crippen molar-refractivity contribution in [2.75, 3.05) is 7.11 Å². The zero-order valence-corrected chi connectivity index (χ0v) is 12.2. The molecule has 0 aliphatic carbocycles. The molecule has 1 aliphatic rings. The summed E-state index contributed by atoms with van der Waals surface area (Å²) in [6.07, 6.45) is -1.83. The van der Waals surface area contributed by atoms with Crippen LogP contribution >= 0.6 is 0 Å². The Bertz CT molecular complexity index is 453. The Morgan fingerprint density at radius 1 is 1.43 bits per heavy atom. The van der Waals surface area contributed by atoms with Gasteiger partial charge in [-0.1, -0.05) is 30.3 Å². The highest BCUT2D eigenvalue weighted by molar-refractivity contribution is 5.67. The Morgan fingerprint density at radius 2 is 2.14 bits per heavy atom. The van der Waals surface area contributed by atoms with E-state index in [1.807, 2.05) is 30.3 Å². The summed E-state index contributed by atoms with van der Waals surface area (Å²) in [5, 5.41) is 12.7. The van der Waals surface area contributed by atoms with Gasteiger partial charge in [-0.2, -0.15) is 0 Å². The van der Waals surface area contributed by atoms with Gasteiger partial charge < -0.3 is 24.6 Å². The highest BCUT2D eigenvalue weighted by Crippen LogP contribution is 2.20. The van der Waals surface area contributed by atoms with Crippen LogP contribution < -0.4 is 5.32 Å². The number of hydrogen-bond donors (Lipinski definition) is 2. The highest BCUT2D eigenvalue weighted by Gasteiger charge is 2.36. The van der Waals surface area contributed by atoms with E-state index in [0.29, 0.717) is 6.42 Å². The molecule has 0 bridgehead atoms. The Hall–Kier alpha value is -1.63. The van der Waals surface area contributed by atoms with Gasteiger partial charge in [-0.05, 0) is 12.5 Å². The lowest BCUT2D eigenvalue weighted by molar-refractivity contribution is -0.214. The van der Waals surface area contributed by atoms with Crippen molar-refractivity contribution in [3.05, 3.63) is 35.9 Å². The van der Waals surface area contributed by atoms with Gasteiger partial charge in [0.05, 0.1) is 12.1 Å². The molecule has 0 spiro atoms. The van der Waals surface area contributed by atoms with Crippen molar-refractivity contribution in [2.45, 2.75) is 44.5 Å². The van der Waals surface area contributed by atoms with Gasteiger partial charge in [0.2, 0.25) is 0 Å². The van der Waals surface area contributed by atoms with E-state index < -0.39 is 30.6 Å². The topological polar surface area (TPSA) is 77.0 Å². The summed E-state index contributed by atoms with van der Waals surface area (Å²) in [7, 11) is 1.53. The number of benzene rings is 1. The number of carbonyl (C=O) groups is 1. The van der Waals surface area contributed by atoms with E-state index in [4.69, 9.17) is 14.2 Å². The van der Waals surface area contributed by atoms with Crippen LogP contribution in [0.5, 0.6) is 0 Å². The number of nitrogens with one attached hydrogen (secondary N) is 1. The van der Waals surface area contributed by atoms with Crippen LogP contribution in [0.1, 0.15) is 18.9 Å². The van der Waals surface area contributed by atoms with Crippen LogP contribution in [-0.4, -0.2) is 42.8 Å². The Balaban J connectivity index is 1.83. The van der Waals surface area contributed by atoms with Gasteiger partial charge in [0.25, 0.3) is 0 Å². The van der Waals surface area contributed by atoms with Crippen LogP contribution in [0, 0.1) is 0 Å². The van der Waals surface area contributed by atoms with Gasteiger partial charge in [-0.25, -0.2) is 4.79 Å². The monoisotopic (exact) mass is 295 g/mol. The molecule has 1 fully saturated rings. The second-order valence-electron chi connectivity index (χ2n) is 5.05. The summed E-state index contributed by atoms with van der Waals surface area (Å²) in [6.45, 7) is 1.93. The first-order chi connectivity index (χ1) is 10.1. The number of methoxy groups -OCH3 is 1. The van der Waals surface area contributed by atoms with Gasteiger partial charge in [0, 0.05) is 13.5 Å². The molecule has 0 saturated carbocycles. The average molecular weight is 295 g/mol. The molecule has 1 aromatic carbocycles. The van der Waals surface area contributed by atoms with Crippen molar-refractivity contribution < 1.29 is 24.1 Å². The molecule has 1 aliphatic heterocycles. The van der Waals surface area contributed by atoms with Crippen molar-refractivity contribution in [3.8, 4) is 0 Å². The quantitative estimate of drug-likeness (QED) is 0.878. The second kappa shape index (κ2) is 7.40. The molecule has 0 unspecified atom stereocenters. The van der Waals surface area contributed by atoms with E-state index in [2.05, 4.69) is 5.32 Å². The van der Waals surface area contributed by atoms with Crippen LogP contribution in [0.3, 0.4) is 0 Å². The minimum absolute atomic E-state index is 0.190. The molecule has 0 aromatic heterocycles. The predicted octanol–water partition coefficient (Wildman–Crippen LogP) is 1.42. The molecule has 1 amide bonds. The van der Waals surface area contributed by atoms with Crippen molar-refractivity contribution >= 4 is 6.09 Å². The molecule has 116 valence electrons. The third kappa shape index (κ3) is 4.42. The predicted molar refractivity (Wildman–Crippen MR) is 75.5 cm³/mol. The fourth-order valence-corrected chi connectivity index (χ4v) is 2.26. The number of hydrogen-bond acceptors (Lipinski definition) is 5. The zero-order chi connectivity index (χ0) is 15.2. The van der Waals surface area contributed by atoms with E-state index >= 15 is 0 Å². The van der Waals surface area contributed by atoms with E-state index in [-0.39, 0.29) is 6.61 Å². The van der Waals surface area contributed by atoms with Crippen molar-refractivity contribution in [3.63, 3.8) is 0 Å². The molecule has 6 heteroatoms. The lowest BCUT2D eigenvalue weighted by Crippen LogP contribution is -2.55. The SMILES string of the molecule is CO[C@H]1C[C@H](NC(=O)OCc2ccccc2)[C@@H](O)[C@H](C)O1. The van der Waals surface area contributed by atoms with Gasteiger partial charge >= 0.3 is 6.09 Å². The molecule has 6 nitrogen and oxygen atoms in total. The fraction of sp³-hybridized carbons (Fsp3) is 0.533. The lowest BCUT2D eigenvalue weighted by atomic mass is 10.00. The molecular weight excluding hydrogens is 274 g/mol. The summed E-state index contributed by atoms with van der Waals surface area (Å²) in [5.41, 5.74) is 0.906. The van der Waals surface area contributed by atoms with E-state index in [9.17, 15) is 9.90 Å². The number of alkyl carbamates (subject to hydrolysis) is 1. The number of ether oxygens (including phenoxy) is 3. The second-order valence-corrected chi connectivity index (χ2v) is 5.05. The Kier molecular flexibility index (Phi) is 5.55. The van der Waals surface area contributed by atoms with Crippen molar-refractivity contribution in [2.24, 2.45) is 0 Å². The first kappa shape index (κ1) is 15.8. The zero-order valence-electron chi connectivity index (χ0n) is 12.2. The maximum Gasteiger partial charge on any atom is 0.407 e. The molecular formula is C15H21NO5. The van der Waals surface area contributed by atoms with Crippen LogP contribution in [0.25, 0.3) is 0 Å². The average Bonchev–Trinajstić information content (AvgIpc) is 2.50. The number of carbonyl (C=O) groups excluding carboxylic acids is 1. The van der Waals surface area contributed by atoms with Crippen LogP contribution in [0.4, 0.5) is 4.79 Å². The summed E-state index contributed by atoms with van der Waals surface area (Å²) in [5.74, 6) is 0. The maximum absolute atomic E-state index is 11.8. The summed E-state index contributed by atoms with van der Waals surface area (Å²) < 4.78 is 15.7. The summed E-state index contributed by atoms with van der Waals surface area (Å²) >= 11 is 0. The summed E-state index contributed by atoms with van der Waals surface area (Å²) in [4.78, 5) is 11.8. The standard InChI is InChI=1S/C15H21NO5/c1-10-14(17)12(8-13(19-2)21-10)16-15(18)20-9-11-6-4-3-5-7-11/h3-7,10,12-14,17H,8-9H2,1-2H3,(H,16,18)/t10-,12-,13+,14-/m0/s1. The van der Waals surface area contributed by atoms with E-state index in [1.54, 1.807) is 6.92 Å². The molecule has 1 aromatic rings. The molecule has 1 saturated heterocycles. The van der Waals surface area contributed by atoms with E-state index in [1.165, 1.54) is 7.11 Å². The van der Waals surface area contributed by atoms with E-state index in [0.717, 1.165) is 5.56 Å². The summed E-state index contributed by atoms with van der Waals surface area (Å²) in [6, 6.07) is 8.95. The van der Waals surface area contributed by atoms with Crippen LogP contribution in [-0.2, 0) is 20.8 Å². The first-order valence-corrected chi connectivity index (χ1v) is 6.93. The van der Waals surface area contributed by atoms with Crippen molar-refractivity contribution in [1.29, 1.82) is 0 Å². The third-order valence-electron chi connectivity index (χ3n) is 3.48.